The zero-order valence-corrected chi connectivity index (χ0v) is 15.9. The second kappa shape index (κ2) is 8.35. The van der Waals surface area contributed by atoms with E-state index >= 15 is 0 Å². The van der Waals surface area contributed by atoms with Crippen LogP contribution in [0.2, 0.25) is 0 Å². The molecule has 0 bridgehead atoms. The highest BCUT2D eigenvalue weighted by Gasteiger charge is 2.53. The van der Waals surface area contributed by atoms with Crippen LogP contribution in [-0.2, 0) is 14.3 Å². The van der Waals surface area contributed by atoms with Crippen molar-refractivity contribution in [2.24, 2.45) is 5.92 Å². The molecule has 1 aliphatic heterocycles. The molecule has 2 aliphatic rings. The van der Waals surface area contributed by atoms with Gasteiger partial charge >= 0.3 is 0 Å². The van der Waals surface area contributed by atoms with E-state index in [0.717, 1.165) is 12.8 Å². The minimum absolute atomic E-state index is 0.0318. The number of halogens is 1. The first-order chi connectivity index (χ1) is 13.0. The lowest BCUT2D eigenvalue weighted by molar-refractivity contribution is -0.128. The Labute approximate surface area is 159 Å². The van der Waals surface area contributed by atoms with Crippen molar-refractivity contribution < 1.29 is 23.5 Å². The van der Waals surface area contributed by atoms with Crippen molar-refractivity contribution in [3.8, 4) is 0 Å². The first kappa shape index (κ1) is 19.8. The lowest BCUT2D eigenvalue weighted by atomic mass is 9.83. The summed E-state index contributed by atoms with van der Waals surface area (Å²) in [6.45, 7) is 3.01. The van der Waals surface area contributed by atoms with Crippen LogP contribution < -0.4 is 5.32 Å². The quantitative estimate of drug-likeness (QED) is 0.799. The molecule has 1 N–H and O–H groups in total. The van der Waals surface area contributed by atoms with Crippen LogP contribution in [0.1, 0.15) is 43.0 Å². The van der Waals surface area contributed by atoms with Crippen LogP contribution in [0.15, 0.2) is 24.3 Å². The number of rotatable bonds is 5. The van der Waals surface area contributed by atoms with E-state index in [0.29, 0.717) is 31.9 Å². The molecule has 1 saturated heterocycles. The number of carbonyl (C=O) groups is 2. The maximum absolute atomic E-state index is 14.3. The van der Waals surface area contributed by atoms with E-state index in [9.17, 15) is 14.0 Å². The van der Waals surface area contributed by atoms with Gasteiger partial charge in [-0.25, -0.2) is 4.39 Å². The normalized spacial score (nSPS) is 27.7. The van der Waals surface area contributed by atoms with Crippen molar-refractivity contribution in [1.82, 2.24) is 10.2 Å². The van der Waals surface area contributed by atoms with Crippen molar-refractivity contribution in [2.45, 2.75) is 44.4 Å². The van der Waals surface area contributed by atoms with Crippen LogP contribution in [0.5, 0.6) is 0 Å². The van der Waals surface area contributed by atoms with Crippen LogP contribution >= 0.6 is 0 Å². The standard InChI is InChI=1S/C20H27FN2O4/c1-14-7-9-20(10-8-14)23(19(25)15-5-3-4-6-16(15)21)17(13-27-20)18(24)22-11-12-26-2/h3-6,14,17H,7-13H2,1-2H3,(H,22,24). The highest BCUT2D eigenvalue weighted by molar-refractivity contribution is 5.98. The highest BCUT2D eigenvalue weighted by atomic mass is 19.1. The number of ether oxygens (including phenoxy) is 2. The van der Waals surface area contributed by atoms with E-state index in [1.807, 2.05) is 0 Å². The number of hydrogen-bond donors (Lipinski definition) is 1. The molecule has 0 aromatic heterocycles. The zero-order chi connectivity index (χ0) is 19.4. The molecule has 27 heavy (non-hydrogen) atoms. The van der Waals surface area contributed by atoms with Gasteiger partial charge in [0, 0.05) is 13.7 Å². The van der Waals surface area contributed by atoms with E-state index in [-0.39, 0.29) is 18.1 Å². The molecule has 2 fully saturated rings. The Morgan fingerprint density at radius 3 is 2.70 bits per heavy atom. The summed E-state index contributed by atoms with van der Waals surface area (Å²) in [6.07, 6.45) is 3.10. The van der Waals surface area contributed by atoms with Gasteiger partial charge in [0.25, 0.3) is 5.91 Å². The molecule has 2 amide bonds. The predicted molar refractivity (Wildman–Crippen MR) is 97.6 cm³/mol. The predicted octanol–water partition coefficient (Wildman–Crippen LogP) is 2.34. The Balaban J connectivity index is 1.89. The molecule has 1 aromatic rings. The molecule has 3 rings (SSSR count). The molecule has 1 heterocycles. The summed E-state index contributed by atoms with van der Waals surface area (Å²) in [5, 5.41) is 2.78. The molecule has 1 saturated carbocycles. The number of nitrogens with zero attached hydrogens (tertiary/aromatic N) is 1. The maximum atomic E-state index is 14.3. The summed E-state index contributed by atoms with van der Waals surface area (Å²) >= 11 is 0. The monoisotopic (exact) mass is 378 g/mol. The van der Waals surface area contributed by atoms with E-state index in [4.69, 9.17) is 9.47 Å². The second-order valence-corrected chi connectivity index (χ2v) is 7.39. The van der Waals surface area contributed by atoms with E-state index < -0.39 is 23.5 Å². The van der Waals surface area contributed by atoms with E-state index in [2.05, 4.69) is 12.2 Å². The first-order valence-corrected chi connectivity index (χ1v) is 9.47. The third-order valence-electron chi connectivity index (χ3n) is 5.55. The Morgan fingerprint density at radius 2 is 2.04 bits per heavy atom. The Hall–Kier alpha value is -1.99. The molecular weight excluding hydrogens is 351 g/mol. The number of benzene rings is 1. The van der Waals surface area contributed by atoms with Gasteiger partial charge in [0.05, 0.1) is 18.8 Å². The third kappa shape index (κ3) is 3.99. The molecule has 7 heteroatoms. The number of hydrogen-bond acceptors (Lipinski definition) is 4. The number of carbonyl (C=O) groups excluding carboxylic acids is 2. The molecule has 1 aliphatic carbocycles. The van der Waals surface area contributed by atoms with Crippen molar-refractivity contribution in [2.75, 3.05) is 26.9 Å². The smallest absolute Gasteiger partial charge is 0.259 e. The van der Waals surface area contributed by atoms with E-state index in [1.54, 1.807) is 19.2 Å². The van der Waals surface area contributed by atoms with Gasteiger partial charge in [-0.05, 0) is 43.7 Å². The minimum atomic E-state index is -0.838. The zero-order valence-electron chi connectivity index (χ0n) is 15.9. The van der Waals surface area contributed by atoms with Gasteiger partial charge in [0.1, 0.15) is 17.6 Å². The summed E-state index contributed by atoms with van der Waals surface area (Å²) in [5.74, 6) is -0.842. The molecule has 1 atom stereocenters. The van der Waals surface area contributed by atoms with Crippen LogP contribution in [0.3, 0.4) is 0 Å². The van der Waals surface area contributed by atoms with Gasteiger partial charge in [-0.15, -0.1) is 0 Å². The van der Waals surface area contributed by atoms with Crippen LogP contribution in [-0.4, -0.2) is 55.3 Å². The van der Waals surface area contributed by atoms with Gasteiger partial charge in [-0.2, -0.15) is 0 Å². The van der Waals surface area contributed by atoms with Crippen molar-refractivity contribution >= 4 is 11.8 Å². The summed E-state index contributed by atoms with van der Waals surface area (Å²) in [7, 11) is 1.55. The first-order valence-electron chi connectivity index (χ1n) is 9.47. The average Bonchev–Trinajstić information content (AvgIpc) is 3.03. The average molecular weight is 378 g/mol. The molecule has 1 spiro atoms. The summed E-state index contributed by atoms with van der Waals surface area (Å²) in [6, 6.07) is 5.10. The van der Waals surface area contributed by atoms with Crippen molar-refractivity contribution in [3.05, 3.63) is 35.6 Å². The topological polar surface area (TPSA) is 67.9 Å². The number of methoxy groups -OCH3 is 1. The molecule has 1 aromatic carbocycles. The van der Waals surface area contributed by atoms with Gasteiger partial charge in [-0.1, -0.05) is 19.1 Å². The fraction of sp³-hybridized carbons (Fsp3) is 0.600. The van der Waals surface area contributed by atoms with E-state index in [1.165, 1.54) is 17.0 Å². The Morgan fingerprint density at radius 1 is 1.33 bits per heavy atom. The molecule has 0 radical (unpaired) electrons. The van der Waals surface area contributed by atoms with Crippen molar-refractivity contribution in [3.63, 3.8) is 0 Å². The van der Waals surface area contributed by atoms with Gasteiger partial charge < -0.3 is 14.8 Å². The fourth-order valence-electron chi connectivity index (χ4n) is 3.94. The van der Waals surface area contributed by atoms with Crippen LogP contribution in [0.4, 0.5) is 4.39 Å². The second-order valence-electron chi connectivity index (χ2n) is 7.39. The number of nitrogens with one attached hydrogen (secondary N) is 1. The molecule has 6 nitrogen and oxygen atoms in total. The van der Waals surface area contributed by atoms with Crippen molar-refractivity contribution in [1.29, 1.82) is 0 Å². The van der Waals surface area contributed by atoms with Gasteiger partial charge in [-0.3, -0.25) is 14.5 Å². The summed E-state index contributed by atoms with van der Waals surface area (Å²) in [4.78, 5) is 27.5. The van der Waals surface area contributed by atoms with Crippen LogP contribution in [0, 0.1) is 11.7 Å². The van der Waals surface area contributed by atoms with Gasteiger partial charge in [0.2, 0.25) is 5.91 Å². The Kier molecular flexibility index (Phi) is 6.11. The van der Waals surface area contributed by atoms with Gasteiger partial charge in [0.15, 0.2) is 0 Å². The summed E-state index contributed by atoms with van der Waals surface area (Å²) < 4.78 is 25.3. The third-order valence-corrected chi connectivity index (χ3v) is 5.55. The Bertz CT molecular complexity index is 688. The lowest BCUT2D eigenvalue weighted by Gasteiger charge is -2.43. The molecular formula is C20H27FN2O4. The lowest BCUT2D eigenvalue weighted by Crippen LogP contribution is -2.57. The fourth-order valence-corrected chi connectivity index (χ4v) is 3.94. The maximum Gasteiger partial charge on any atom is 0.259 e. The largest absolute Gasteiger partial charge is 0.383 e. The molecule has 148 valence electrons. The summed E-state index contributed by atoms with van der Waals surface area (Å²) in [5.41, 5.74) is -0.870. The SMILES string of the molecule is COCCNC(=O)C1COC2(CCC(C)CC2)N1C(=O)c1ccccc1F. The highest BCUT2D eigenvalue weighted by Crippen LogP contribution is 2.43. The molecule has 1 unspecified atom stereocenters. The number of amides is 2. The minimum Gasteiger partial charge on any atom is -0.383 e. The van der Waals surface area contributed by atoms with Crippen LogP contribution in [0.25, 0.3) is 0 Å².